The van der Waals surface area contributed by atoms with E-state index >= 15 is 4.79 Å². The number of thioether (sulfide) groups is 2. The molecule has 3 heterocycles. The average Bonchev–Trinajstić information content (AvgIpc) is 3.41. The lowest BCUT2D eigenvalue weighted by atomic mass is 9.45. The number of aliphatic hydroxyl groups is 2. The highest BCUT2D eigenvalue weighted by molar-refractivity contribution is 8.19. The molecule has 248 valence electrons. The van der Waals surface area contributed by atoms with Crippen molar-refractivity contribution in [1.82, 2.24) is 0 Å². The van der Waals surface area contributed by atoms with Gasteiger partial charge in [0.1, 0.15) is 29.8 Å². The molecule has 6 aliphatic rings. The number of esters is 1. The number of carbonyl (C=O) groups excluding carboxylic acids is 2. The highest BCUT2D eigenvalue weighted by atomic mass is 32.2. The SMILES string of the molecule is COC1C(=O)C2(C)C(OC3Sc4ccccc4S3)CC3OCC34[N+](=O)C24C(OC(=O)c2ccccc2)C2(O)CC(O)C(C)=C1C2(C)C. The van der Waals surface area contributed by atoms with E-state index in [0.29, 0.717) is 11.1 Å². The molecule has 2 N–H and O–H groups in total. The Morgan fingerprint density at radius 1 is 1.04 bits per heavy atom. The number of nitrogens with zero attached hydrogens (tertiary/aromatic N) is 1. The molecule has 2 spiro atoms. The van der Waals surface area contributed by atoms with Crippen molar-refractivity contribution in [2.45, 2.75) is 102 Å². The Hall–Kier alpha value is -2.58. The number of hydrogen-bond donors (Lipinski definition) is 2. The lowest BCUT2D eigenvalue weighted by Gasteiger charge is -2.59. The van der Waals surface area contributed by atoms with Crippen LogP contribution < -0.4 is 0 Å². The van der Waals surface area contributed by atoms with Crippen molar-refractivity contribution in [3.63, 3.8) is 0 Å². The first-order chi connectivity index (χ1) is 22.3. The van der Waals surface area contributed by atoms with E-state index in [4.69, 9.17) is 18.9 Å². The third kappa shape index (κ3) is 3.67. The number of benzene rings is 2. The van der Waals surface area contributed by atoms with E-state index < -0.39 is 74.5 Å². The first kappa shape index (κ1) is 31.7. The number of hydrogen-bond acceptors (Lipinski definition) is 11. The quantitative estimate of drug-likeness (QED) is 0.203. The van der Waals surface area contributed by atoms with Crippen molar-refractivity contribution < 1.29 is 43.5 Å². The molecule has 3 aliphatic carbocycles. The van der Waals surface area contributed by atoms with Gasteiger partial charge in [0, 0.05) is 44.8 Å². The zero-order valence-electron chi connectivity index (χ0n) is 26.8. The maximum absolute atomic E-state index is 15.4. The van der Waals surface area contributed by atoms with Crippen LogP contribution in [0.4, 0.5) is 0 Å². The van der Waals surface area contributed by atoms with E-state index in [1.165, 1.54) is 30.6 Å². The summed E-state index contributed by atoms with van der Waals surface area (Å²) in [4.78, 5) is 46.4. The molecule has 0 amide bonds. The number of carbonyl (C=O) groups is 2. The largest absolute Gasteiger partial charge is 0.448 e. The van der Waals surface area contributed by atoms with Crippen molar-refractivity contribution >= 4 is 35.3 Å². The van der Waals surface area contributed by atoms with Gasteiger partial charge in [-0.25, -0.2) is 4.79 Å². The third-order valence-electron chi connectivity index (χ3n) is 12.2. The third-order valence-corrected chi connectivity index (χ3v) is 14.8. The number of ether oxygens (including phenoxy) is 4. The van der Waals surface area contributed by atoms with Gasteiger partial charge in [-0.2, -0.15) is 0 Å². The van der Waals surface area contributed by atoms with Crippen molar-refractivity contribution in [2.75, 3.05) is 13.7 Å². The van der Waals surface area contributed by atoms with Gasteiger partial charge in [-0.15, -0.1) is 0 Å². The highest BCUT2D eigenvalue weighted by Crippen LogP contribution is 2.75. The predicted octanol–water partition coefficient (Wildman–Crippen LogP) is 4.29. The normalized spacial score (nSPS) is 41.5. The van der Waals surface area contributed by atoms with Crippen molar-refractivity contribution in [2.24, 2.45) is 10.8 Å². The fourth-order valence-electron chi connectivity index (χ4n) is 9.61. The van der Waals surface area contributed by atoms with Crippen LogP contribution in [-0.2, 0) is 23.7 Å². The fraction of sp³-hybridized carbons (Fsp3) is 0.543. The molecule has 4 fully saturated rings. The zero-order chi connectivity index (χ0) is 33.3. The summed E-state index contributed by atoms with van der Waals surface area (Å²) in [5.41, 5.74) is -6.84. The van der Waals surface area contributed by atoms with Gasteiger partial charge in [-0.05, 0) is 49.3 Å². The number of rotatable bonds is 5. The molecule has 10 nitrogen and oxygen atoms in total. The number of aliphatic hydroxyl groups excluding tert-OH is 1. The Balaban J connectivity index is 1.35. The first-order valence-electron chi connectivity index (χ1n) is 15.9. The molecule has 2 aromatic rings. The van der Waals surface area contributed by atoms with Gasteiger partial charge < -0.3 is 29.2 Å². The molecule has 8 rings (SSSR count). The predicted molar refractivity (Wildman–Crippen MR) is 172 cm³/mol. The van der Waals surface area contributed by atoms with E-state index in [1.807, 2.05) is 24.3 Å². The van der Waals surface area contributed by atoms with Crippen LogP contribution in [0.1, 0.15) is 50.9 Å². The van der Waals surface area contributed by atoms with Crippen LogP contribution in [0.15, 0.2) is 75.5 Å². The molecule has 2 saturated heterocycles. The van der Waals surface area contributed by atoms with Crippen molar-refractivity contribution in [1.29, 1.82) is 0 Å². The maximum Gasteiger partial charge on any atom is 0.338 e. The van der Waals surface area contributed by atoms with E-state index in [-0.39, 0.29) is 25.0 Å². The second-order valence-electron chi connectivity index (χ2n) is 14.3. The van der Waals surface area contributed by atoms with Crippen LogP contribution in [0.25, 0.3) is 0 Å². The first-order valence-corrected chi connectivity index (χ1v) is 17.7. The zero-order valence-corrected chi connectivity index (χ0v) is 28.4. The molecule has 9 unspecified atom stereocenters. The Labute approximate surface area is 281 Å². The fourth-order valence-corrected chi connectivity index (χ4v) is 12.2. The minimum Gasteiger partial charge on any atom is -0.448 e. The number of Topliss-reactive ketones (excluding diaryl/α,β-unsaturated/α-hetero) is 1. The lowest BCUT2D eigenvalue weighted by Crippen LogP contribution is -2.79. The van der Waals surface area contributed by atoms with Crippen LogP contribution in [-0.4, -0.2) is 92.4 Å². The average molecular weight is 681 g/mol. The molecular weight excluding hydrogens is 643 g/mol. The van der Waals surface area contributed by atoms with Crippen LogP contribution in [0.2, 0.25) is 0 Å². The van der Waals surface area contributed by atoms with Crippen LogP contribution in [0.3, 0.4) is 0 Å². The van der Waals surface area contributed by atoms with Crippen molar-refractivity contribution in [3.8, 4) is 0 Å². The lowest BCUT2D eigenvalue weighted by molar-refractivity contribution is -0.498. The molecule has 0 aromatic heterocycles. The molecule has 2 bridgehead atoms. The topological polar surface area (TPSA) is 132 Å². The van der Waals surface area contributed by atoms with E-state index in [2.05, 4.69) is 0 Å². The summed E-state index contributed by atoms with van der Waals surface area (Å²) in [6.07, 6.45) is -5.45. The van der Waals surface area contributed by atoms with E-state index in [1.54, 1.807) is 58.0 Å². The summed E-state index contributed by atoms with van der Waals surface area (Å²) in [5, 5.41) is 24.6. The Kier molecular flexibility index (Phi) is 6.89. The van der Waals surface area contributed by atoms with Crippen LogP contribution >= 0.6 is 23.5 Å². The number of methoxy groups -OCH3 is 1. The summed E-state index contributed by atoms with van der Waals surface area (Å²) >= 11 is 3.06. The summed E-state index contributed by atoms with van der Waals surface area (Å²) < 4.78 is 25.8. The summed E-state index contributed by atoms with van der Waals surface area (Å²) in [6, 6.07) is 16.3. The van der Waals surface area contributed by atoms with E-state index in [0.717, 1.165) is 14.6 Å². The molecule has 9 atom stereocenters. The van der Waals surface area contributed by atoms with Crippen LogP contribution in [0.5, 0.6) is 0 Å². The molecular formula is C35H38NO9S2+. The van der Waals surface area contributed by atoms with Gasteiger partial charge in [-0.3, -0.25) is 4.79 Å². The smallest absolute Gasteiger partial charge is 0.338 e. The Morgan fingerprint density at radius 3 is 2.28 bits per heavy atom. The van der Waals surface area contributed by atoms with Gasteiger partial charge >= 0.3 is 17.0 Å². The van der Waals surface area contributed by atoms with Crippen molar-refractivity contribution in [3.05, 3.63) is 76.2 Å². The van der Waals surface area contributed by atoms with Gasteiger partial charge in [0.05, 0.1) is 17.8 Å². The number of nitroso groups, excluding NO2 is 1. The molecule has 47 heavy (non-hydrogen) atoms. The van der Waals surface area contributed by atoms with Gasteiger partial charge in [0.2, 0.25) is 6.10 Å². The van der Waals surface area contributed by atoms with Gasteiger partial charge in [0.25, 0.3) is 0 Å². The summed E-state index contributed by atoms with van der Waals surface area (Å²) in [6.45, 7) is 6.96. The minimum absolute atomic E-state index is 0.00699. The van der Waals surface area contributed by atoms with Gasteiger partial charge in [0.15, 0.2) is 10.6 Å². The molecule has 12 heteroatoms. The monoisotopic (exact) mass is 680 g/mol. The minimum atomic E-state index is -2.01. The molecule has 3 aliphatic heterocycles. The highest BCUT2D eigenvalue weighted by Gasteiger charge is 3.09. The maximum atomic E-state index is 15.4. The van der Waals surface area contributed by atoms with Crippen LogP contribution in [0, 0.1) is 15.7 Å². The molecule has 2 saturated carbocycles. The van der Waals surface area contributed by atoms with E-state index in [9.17, 15) is 19.9 Å². The summed E-state index contributed by atoms with van der Waals surface area (Å²) in [7, 11) is 1.43. The standard InChI is InChI=1S/C35H38NO9S2/c1-18-20(37)16-34(40)29(45-28(39)19-11-7-6-8-12-19)35-32(4,27(38)26(42-5)25(18)31(34,2)3)23(15-24-33(35,17-43-24)36(35)41)44-30-46-21-13-9-10-14-22(21)47-30/h6-14,20,23-24,26,29-30,37,40H,15-17H2,1-5H3/q+1. The number of ketones is 1. The Morgan fingerprint density at radius 2 is 1.68 bits per heavy atom. The number of fused-ring (bicyclic) bond motifs is 3. The molecule has 0 radical (unpaired) electrons. The molecule has 2 aromatic carbocycles. The second kappa shape index (κ2) is 10.2. The summed E-state index contributed by atoms with van der Waals surface area (Å²) in [5.74, 6) is -1.17. The Bertz CT molecular complexity index is 1720. The second-order valence-corrected chi connectivity index (χ2v) is 16.8. The van der Waals surface area contributed by atoms with Gasteiger partial charge in [-0.1, -0.05) is 67.7 Å².